The van der Waals surface area contributed by atoms with Crippen molar-refractivity contribution in [2.45, 2.75) is 102 Å². The summed E-state index contributed by atoms with van der Waals surface area (Å²) in [5.74, 6) is 6.26. The third-order valence-electron chi connectivity index (χ3n) is 10.0. The van der Waals surface area contributed by atoms with Crippen molar-refractivity contribution in [2.24, 2.45) is 0 Å². The number of H-pyrrole nitrogens is 3. The molecule has 3 fully saturated rings. The molecule has 0 aliphatic heterocycles. The van der Waals surface area contributed by atoms with Crippen molar-refractivity contribution in [3.63, 3.8) is 0 Å². The number of ketones is 1. The molecule has 3 aliphatic carbocycles. The van der Waals surface area contributed by atoms with Gasteiger partial charge < -0.3 is 29.2 Å². The zero-order chi connectivity index (χ0) is 37.0. The number of rotatable bonds is 10. The monoisotopic (exact) mass is 717 g/mol. The standard InChI is InChI=1S/C25H26N4O2.C16H21N3O3/c1-13-3-4-16(21-20(13)26-24(27-21)14-5-6-14)11-18(30)12-17-9-10-19(31-2)23-22(17)28-25(29-23)15-7-8-15;1-16(2,3)22-15(20)17-10-7-8-11(21-4)13-12(10)18-14(19-13)9-5-6-9/h3-4,9-10,14-15H,5-8,11-12H2,1-2H3,(H,26,27)(H,28,29);7-9H,5-6H2,1-4H3,(H,17,20)(H,18,19). The number of methoxy groups -OCH3 is 2. The molecule has 4 N–H and O–H groups in total. The molecule has 0 unspecified atom stereocenters. The number of carbonyl (C=O) groups is 2. The number of amides is 1. The fourth-order valence-electron chi connectivity index (χ4n) is 6.81. The average Bonchev–Trinajstić information content (AvgIpc) is 4.08. The number of carbonyl (C=O) groups excluding carboxylic acids is 2. The Kier molecular flexibility index (Phi) is 8.86. The summed E-state index contributed by atoms with van der Waals surface area (Å²) in [6.45, 7) is 7.57. The maximum Gasteiger partial charge on any atom is 0.412 e. The Hall–Kier alpha value is -5.39. The largest absolute Gasteiger partial charge is 0.494 e. The van der Waals surface area contributed by atoms with Crippen molar-refractivity contribution in [3.8, 4) is 11.5 Å². The molecule has 12 nitrogen and oxygen atoms in total. The second kappa shape index (κ2) is 13.5. The van der Waals surface area contributed by atoms with Crippen LogP contribution in [0, 0.1) is 6.92 Å². The molecule has 3 saturated carbocycles. The number of nitrogens with one attached hydrogen (secondary N) is 4. The summed E-state index contributed by atoms with van der Waals surface area (Å²) < 4.78 is 16.2. The third-order valence-corrected chi connectivity index (χ3v) is 10.0. The number of aromatic amines is 3. The lowest BCUT2D eigenvalue weighted by Gasteiger charge is -2.19. The molecular weight excluding hydrogens is 670 g/mol. The summed E-state index contributed by atoms with van der Waals surface area (Å²) in [6, 6.07) is 11.6. The minimum Gasteiger partial charge on any atom is -0.494 e. The van der Waals surface area contributed by atoms with Crippen molar-refractivity contribution in [1.82, 2.24) is 29.9 Å². The molecule has 0 bridgehead atoms. The summed E-state index contributed by atoms with van der Waals surface area (Å²) in [4.78, 5) is 49.6. The van der Waals surface area contributed by atoms with Gasteiger partial charge in [0.25, 0.3) is 0 Å². The Morgan fingerprint density at radius 1 is 0.679 bits per heavy atom. The molecule has 53 heavy (non-hydrogen) atoms. The van der Waals surface area contributed by atoms with Gasteiger partial charge in [0.2, 0.25) is 0 Å². The number of hydrogen-bond acceptors (Lipinski definition) is 8. The molecule has 3 heterocycles. The molecule has 0 saturated heterocycles. The number of anilines is 1. The van der Waals surface area contributed by atoms with Crippen LogP contribution in [0.3, 0.4) is 0 Å². The number of hydrogen-bond donors (Lipinski definition) is 4. The van der Waals surface area contributed by atoms with E-state index >= 15 is 0 Å². The van der Waals surface area contributed by atoms with Gasteiger partial charge in [-0.1, -0.05) is 18.2 Å². The second-order valence-electron chi connectivity index (χ2n) is 15.7. The molecular formula is C41H47N7O5. The highest BCUT2D eigenvalue weighted by atomic mass is 16.6. The van der Waals surface area contributed by atoms with Gasteiger partial charge in [0.1, 0.15) is 56.9 Å². The van der Waals surface area contributed by atoms with Crippen LogP contribution in [0.2, 0.25) is 0 Å². The number of Topliss-reactive ketones (excluding diaryl/α,β-unsaturated/α-hetero) is 1. The lowest BCUT2D eigenvalue weighted by atomic mass is 9.99. The summed E-state index contributed by atoms with van der Waals surface area (Å²) in [5.41, 5.74) is 8.49. The fourth-order valence-corrected chi connectivity index (χ4v) is 6.81. The molecule has 3 aromatic carbocycles. The van der Waals surface area contributed by atoms with Gasteiger partial charge in [0.15, 0.2) is 0 Å². The van der Waals surface area contributed by atoms with E-state index in [4.69, 9.17) is 24.2 Å². The van der Waals surface area contributed by atoms with Crippen molar-refractivity contribution in [2.75, 3.05) is 19.5 Å². The third kappa shape index (κ3) is 7.45. The van der Waals surface area contributed by atoms with Gasteiger partial charge in [-0.05, 0) is 101 Å². The number of nitrogens with zero attached hydrogens (tertiary/aromatic N) is 3. The topological polar surface area (TPSA) is 160 Å². The van der Waals surface area contributed by atoms with Gasteiger partial charge >= 0.3 is 6.09 Å². The van der Waals surface area contributed by atoms with E-state index < -0.39 is 11.7 Å². The Balaban J connectivity index is 0.000000161. The Morgan fingerprint density at radius 3 is 1.74 bits per heavy atom. The van der Waals surface area contributed by atoms with E-state index in [0.29, 0.717) is 47.5 Å². The number of benzene rings is 3. The first-order valence-corrected chi connectivity index (χ1v) is 18.6. The van der Waals surface area contributed by atoms with Crippen LogP contribution >= 0.6 is 0 Å². The molecule has 3 aromatic heterocycles. The number of aryl methyl sites for hydroxylation is 1. The highest BCUT2D eigenvalue weighted by Gasteiger charge is 2.30. The van der Waals surface area contributed by atoms with E-state index in [9.17, 15) is 9.59 Å². The summed E-state index contributed by atoms with van der Waals surface area (Å²) in [6.07, 6.45) is 7.30. The van der Waals surface area contributed by atoms with Crippen molar-refractivity contribution in [3.05, 3.63) is 70.6 Å². The fraction of sp³-hybridized carbons (Fsp3) is 0.439. The molecule has 6 aromatic rings. The van der Waals surface area contributed by atoms with Gasteiger partial charge in [0.05, 0.1) is 36.5 Å². The molecule has 0 spiro atoms. The first kappa shape index (κ1) is 34.7. The van der Waals surface area contributed by atoms with Crippen LogP contribution in [-0.2, 0) is 22.4 Å². The lowest BCUT2D eigenvalue weighted by Crippen LogP contribution is -2.27. The molecule has 0 atom stereocenters. The summed E-state index contributed by atoms with van der Waals surface area (Å²) >= 11 is 0. The van der Waals surface area contributed by atoms with Crippen LogP contribution in [0.25, 0.3) is 33.1 Å². The van der Waals surface area contributed by atoms with E-state index in [1.807, 2.05) is 39.0 Å². The van der Waals surface area contributed by atoms with Crippen LogP contribution in [0.1, 0.15) is 111 Å². The Labute approximate surface area is 307 Å². The van der Waals surface area contributed by atoms with Gasteiger partial charge in [0, 0.05) is 30.6 Å². The number of fused-ring (bicyclic) bond motifs is 3. The Morgan fingerprint density at radius 2 is 1.17 bits per heavy atom. The lowest BCUT2D eigenvalue weighted by molar-refractivity contribution is -0.117. The average molecular weight is 718 g/mol. The minimum atomic E-state index is -0.541. The molecule has 9 rings (SSSR count). The molecule has 12 heteroatoms. The van der Waals surface area contributed by atoms with Gasteiger partial charge in [-0.2, -0.15) is 0 Å². The second-order valence-corrected chi connectivity index (χ2v) is 15.7. The summed E-state index contributed by atoms with van der Waals surface area (Å²) in [7, 11) is 3.29. The van der Waals surface area contributed by atoms with E-state index in [1.54, 1.807) is 20.3 Å². The highest BCUT2D eigenvalue weighted by Crippen LogP contribution is 2.42. The highest BCUT2D eigenvalue weighted by molar-refractivity contribution is 5.99. The van der Waals surface area contributed by atoms with Gasteiger partial charge in [-0.15, -0.1) is 0 Å². The maximum absolute atomic E-state index is 13.1. The van der Waals surface area contributed by atoms with Crippen LogP contribution in [0.15, 0.2) is 36.4 Å². The van der Waals surface area contributed by atoms with Gasteiger partial charge in [-0.25, -0.2) is 19.7 Å². The van der Waals surface area contributed by atoms with E-state index in [1.165, 1.54) is 25.7 Å². The maximum atomic E-state index is 13.1. The van der Waals surface area contributed by atoms with Crippen LogP contribution in [0.5, 0.6) is 11.5 Å². The van der Waals surface area contributed by atoms with Gasteiger partial charge in [-0.3, -0.25) is 10.1 Å². The van der Waals surface area contributed by atoms with E-state index in [2.05, 4.69) is 44.3 Å². The molecule has 276 valence electrons. The van der Waals surface area contributed by atoms with E-state index in [-0.39, 0.29) is 5.78 Å². The number of aromatic nitrogens is 6. The zero-order valence-electron chi connectivity index (χ0n) is 31.2. The number of imidazole rings is 3. The van der Waals surface area contributed by atoms with Crippen molar-refractivity contribution < 1.29 is 23.8 Å². The first-order valence-electron chi connectivity index (χ1n) is 18.6. The zero-order valence-corrected chi connectivity index (χ0v) is 31.2. The van der Waals surface area contributed by atoms with Crippen LogP contribution in [-0.4, -0.2) is 61.6 Å². The van der Waals surface area contributed by atoms with Crippen LogP contribution in [0.4, 0.5) is 10.5 Å². The van der Waals surface area contributed by atoms with Crippen LogP contribution < -0.4 is 14.8 Å². The molecule has 3 aliphatic rings. The molecule has 0 radical (unpaired) electrons. The normalized spacial score (nSPS) is 15.7. The number of ether oxygens (including phenoxy) is 3. The van der Waals surface area contributed by atoms with E-state index in [0.717, 1.165) is 80.3 Å². The first-order chi connectivity index (χ1) is 25.5. The van der Waals surface area contributed by atoms with Crippen molar-refractivity contribution >= 4 is 50.7 Å². The minimum absolute atomic E-state index is 0.176. The van der Waals surface area contributed by atoms with Crippen molar-refractivity contribution in [1.29, 1.82) is 0 Å². The smallest absolute Gasteiger partial charge is 0.412 e. The predicted molar refractivity (Wildman–Crippen MR) is 204 cm³/mol. The quantitative estimate of drug-likeness (QED) is 0.110. The molecule has 1 amide bonds. The Bertz CT molecular complexity index is 2350. The summed E-state index contributed by atoms with van der Waals surface area (Å²) in [5, 5.41) is 2.77. The SMILES string of the molecule is COc1ccc(CC(=O)Cc2ccc(C)c3nc(C4CC4)[nH]c23)c2nc(C3CC3)[nH]c12.COc1ccc(NC(=O)OC(C)(C)C)c2nc(C3CC3)[nH]c12. The predicted octanol–water partition coefficient (Wildman–Crippen LogP) is 8.66.